The van der Waals surface area contributed by atoms with Crippen LogP contribution in [0.5, 0.6) is 5.75 Å². The second kappa shape index (κ2) is 7.70. The fourth-order valence-electron chi connectivity index (χ4n) is 3.26. The summed E-state index contributed by atoms with van der Waals surface area (Å²) >= 11 is 0. The van der Waals surface area contributed by atoms with E-state index in [1.54, 1.807) is 0 Å². The smallest absolute Gasteiger partial charge is 0.138 e. The third-order valence-corrected chi connectivity index (χ3v) is 4.32. The topological polar surface area (TPSA) is 47.3 Å². The first kappa shape index (κ1) is 17.5. The molecule has 0 aliphatic rings. The number of aromatic nitrogens is 2. The van der Waals surface area contributed by atoms with E-state index in [-0.39, 0.29) is 0 Å². The molecule has 4 heteroatoms. The summed E-state index contributed by atoms with van der Waals surface area (Å²) in [5.74, 6) is 1.62. The van der Waals surface area contributed by atoms with Gasteiger partial charge in [0.2, 0.25) is 0 Å². The zero-order chi connectivity index (χ0) is 17.8. The van der Waals surface area contributed by atoms with Gasteiger partial charge in [0.1, 0.15) is 24.3 Å². The molecular formula is C21H26N2O2. The Bertz CT molecular complexity index is 834. The molecule has 4 nitrogen and oxygen atoms in total. The van der Waals surface area contributed by atoms with Crippen LogP contribution in [0.3, 0.4) is 0 Å². The van der Waals surface area contributed by atoms with E-state index < -0.39 is 6.10 Å². The Balaban J connectivity index is 1.80. The van der Waals surface area contributed by atoms with Crippen molar-refractivity contribution in [3.63, 3.8) is 0 Å². The van der Waals surface area contributed by atoms with Crippen molar-refractivity contribution in [2.24, 2.45) is 0 Å². The molecule has 0 saturated heterocycles. The van der Waals surface area contributed by atoms with Crippen LogP contribution in [0.15, 0.2) is 42.5 Å². The molecule has 0 radical (unpaired) electrons. The molecular weight excluding hydrogens is 312 g/mol. The molecule has 3 rings (SSSR count). The number of rotatable bonds is 7. The number of nitrogens with zero attached hydrogens (tertiary/aromatic N) is 2. The third-order valence-electron chi connectivity index (χ3n) is 4.32. The number of aliphatic hydroxyl groups excluding tert-OH is 1. The van der Waals surface area contributed by atoms with Gasteiger partial charge in [-0.15, -0.1) is 0 Å². The molecule has 1 heterocycles. The maximum Gasteiger partial charge on any atom is 0.138 e. The van der Waals surface area contributed by atoms with E-state index >= 15 is 0 Å². The normalized spacial score (nSPS) is 12.5. The van der Waals surface area contributed by atoms with Crippen molar-refractivity contribution in [2.45, 2.75) is 46.3 Å². The lowest BCUT2D eigenvalue weighted by Crippen LogP contribution is -2.14. The minimum Gasteiger partial charge on any atom is -0.492 e. The minimum absolute atomic E-state index is 0.537. The van der Waals surface area contributed by atoms with E-state index in [4.69, 9.17) is 4.74 Å². The van der Waals surface area contributed by atoms with Crippen LogP contribution in [0.4, 0.5) is 0 Å². The number of aryl methyl sites for hydroxylation is 2. The number of fused-ring (bicyclic) bond motifs is 1. The molecule has 0 bridgehead atoms. The average Bonchev–Trinajstić information content (AvgIpc) is 2.93. The van der Waals surface area contributed by atoms with Crippen LogP contribution in [0.1, 0.15) is 42.8 Å². The minimum atomic E-state index is -0.543. The van der Waals surface area contributed by atoms with Crippen molar-refractivity contribution in [3.05, 3.63) is 59.4 Å². The van der Waals surface area contributed by atoms with Gasteiger partial charge in [0.25, 0.3) is 0 Å². The highest BCUT2D eigenvalue weighted by atomic mass is 16.5. The molecule has 3 aromatic rings. The van der Waals surface area contributed by atoms with E-state index in [0.717, 1.165) is 29.0 Å². The fourth-order valence-corrected chi connectivity index (χ4v) is 3.26. The molecule has 1 atom stereocenters. The van der Waals surface area contributed by atoms with Gasteiger partial charge in [-0.25, -0.2) is 4.98 Å². The molecule has 0 unspecified atom stereocenters. The molecule has 0 aliphatic heterocycles. The first-order valence-corrected chi connectivity index (χ1v) is 8.93. The Labute approximate surface area is 149 Å². The molecule has 132 valence electrons. The van der Waals surface area contributed by atoms with Crippen LogP contribution in [-0.2, 0) is 6.54 Å². The van der Waals surface area contributed by atoms with Crippen LogP contribution in [0.2, 0.25) is 0 Å². The third kappa shape index (κ3) is 4.02. The summed E-state index contributed by atoms with van der Waals surface area (Å²) < 4.78 is 8.04. The molecule has 0 aliphatic carbocycles. The van der Waals surface area contributed by atoms with E-state index in [9.17, 15) is 5.11 Å². The number of aliphatic hydroxyl groups is 1. The second-order valence-electron chi connectivity index (χ2n) is 6.59. The molecule has 2 aromatic carbocycles. The number of para-hydroxylation sites is 2. The highest BCUT2D eigenvalue weighted by Gasteiger charge is 2.17. The van der Waals surface area contributed by atoms with Crippen LogP contribution >= 0.6 is 0 Å². The van der Waals surface area contributed by atoms with Gasteiger partial charge in [0.15, 0.2) is 0 Å². The molecule has 25 heavy (non-hydrogen) atoms. The molecule has 0 fully saturated rings. The number of imidazole rings is 1. The quantitative estimate of drug-likeness (QED) is 0.687. The predicted molar refractivity (Wildman–Crippen MR) is 101 cm³/mol. The van der Waals surface area contributed by atoms with Crippen molar-refractivity contribution in [1.82, 2.24) is 9.55 Å². The number of hydrogen-bond acceptors (Lipinski definition) is 3. The van der Waals surface area contributed by atoms with Crippen LogP contribution in [0.25, 0.3) is 11.0 Å². The van der Waals surface area contributed by atoms with Gasteiger partial charge in [0, 0.05) is 0 Å². The van der Waals surface area contributed by atoms with Crippen LogP contribution < -0.4 is 4.74 Å². The summed E-state index contributed by atoms with van der Waals surface area (Å²) in [6, 6.07) is 14.2. The van der Waals surface area contributed by atoms with Crippen molar-refractivity contribution >= 4 is 11.0 Å². The second-order valence-corrected chi connectivity index (χ2v) is 6.59. The Kier molecular flexibility index (Phi) is 5.39. The zero-order valence-electron chi connectivity index (χ0n) is 15.2. The lowest BCUT2D eigenvalue weighted by Gasteiger charge is -2.14. The fraction of sp³-hybridized carbons (Fsp3) is 0.381. The number of ether oxygens (including phenoxy) is 1. The van der Waals surface area contributed by atoms with E-state index in [0.29, 0.717) is 19.6 Å². The van der Waals surface area contributed by atoms with Gasteiger partial charge in [0.05, 0.1) is 17.6 Å². The standard InChI is InChI=1S/C21H26N2O2/c1-4-7-20(24)21-22-18-8-5-6-9-19(18)23(21)10-11-25-17-13-15(2)12-16(3)14-17/h5-6,8-9,12-14,20,24H,4,7,10-11H2,1-3H3/t20-/m0/s1. The Morgan fingerprint density at radius 3 is 2.56 bits per heavy atom. The van der Waals surface area contributed by atoms with E-state index in [2.05, 4.69) is 36.4 Å². The number of hydrogen-bond donors (Lipinski definition) is 1. The summed E-state index contributed by atoms with van der Waals surface area (Å²) in [5.41, 5.74) is 4.35. The van der Waals surface area contributed by atoms with Crippen LogP contribution in [0, 0.1) is 13.8 Å². The highest BCUT2D eigenvalue weighted by Crippen LogP contribution is 2.24. The average molecular weight is 338 g/mol. The molecule has 0 saturated carbocycles. The summed E-state index contributed by atoms with van der Waals surface area (Å²) in [6.45, 7) is 7.41. The molecule has 1 N–H and O–H groups in total. The zero-order valence-corrected chi connectivity index (χ0v) is 15.2. The number of benzene rings is 2. The van der Waals surface area contributed by atoms with Gasteiger partial charge < -0.3 is 14.4 Å². The predicted octanol–water partition coefficient (Wildman–Crippen LogP) is 4.57. The van der Waals surface area contributed by atoms with Crippen molar-refractivity contribution < 1.29 is 9.84 Å². The Morgan fingerprint density at radius 2 is 1.84 bits per heavy atom. The van der Waals surface area contributed by atoms with E-state index in [1.807, 2.05) is 36.4 Å². The maximum atomic E-state index is 10.5. The molecule has 0 amide bonds. The molecule has 0 spiro atoms. The van der Waals surface area contributed by atoms with E-state index in [1.165, 1.54) is 11.1 Å². The van der Waals surface area contributed by atoms with Crippen molar-refractivity contribution in [3.8, 4) is 5.75 Å². The lowest BCUT2D eigenvalue weighted by atomic mass is 10.1. The largest absolute Gasteiger partial charge is 0.492 e. The first-order valence-electron chi connectivity index (χ1n) is 8.93. The Morgan fingerprint density at radius 1 is 1.12 bits per heavy atom. The van der Waals surface area contributed by atoms with Crippen molar-refractivity contribution in [1.29, 1.82) is 0 Å². The highest BCUT2D eigenvalue weighted by molar-refractivity contribution is 5.76. The van der Waals surface area contributed by atoms with Crippen molar-refractivity contribution in [2.75, 3.05) is 6.61 Å². The van der Waals surface area contributed by atoms with Gasteiger partial charge in [-0.1, -0.05) is 31.5 Å². The maximum absolute atomic E-state index is 10.5. The van der Waals surface area contributed by atoms with Crippen LogP contribution in [-0.4, -0.2) is 21.3 Å². The summed E-state index contributed by atoms with van der Waals surface area (Å²) in [6.07, 6.45) is 1.09. The molecule has 1 aromatic heterocycles. The Hall–Kier alpha value is -2.33. The SMILES string of the molecule is CCC[C@H](O)c1nc2ccccc2n1CCOc1cc(C)cc(C)c1. The first-order chi connectivity index (χ1) is 12.1. The lowest BCUT2D eigenvalue weighted by molar-refractivity contribution is 0.151. The van der Waals surface area contributed by atoms with Gasteiger partial charge in [-0.2, -0.15) is 0 Å². The summed E-state index contributed by atoms with van der Waals surface area (Å²) in [4.78, 5) is 4.64. The van der Waals surface area contributed by atoms with Gasteiger partial charge in [-0.3, -0.25) is 0 Å². The van der Waals surface area contributed by atoms with Gasteiger partial charge >= 0.3 is 0 Å². The summed E-state index contributed by atoms with van der Waals surface area (Å²) in [5, 5.41) is 10.5. The monoisotopic (exact) mass is 338 g/mol. The summed E-state index contributed by atoms with van der Waals surface area (Å²) in [7, 11) is 0. The van der Waals surface area contributed by atoms with Gasteiger partial charge in [-0.05, 0) is 55.7 Å².